The Bertz CT molecular complexity index is 532. The number of aliphatic hydroxyl groups is 1. The lowest BCUT2D eigenvalue weighted by Crippen LogP contribution is -2.39. The molecular weight excluding hydrogens is 333 g/mol. The molecule has 0 aliphatic carbocycles. The number of hydrogen-bond acceptors (Lipinski definition) is 2. The van der Waals surface area contributed by atoms with Crippen LogP contribution in [0.25, 0.3) is 0 Å². The van der Waals surface area contributed by atoms with E-state index in [9.17, 15) is 39.5 Å². The van der Waals surface area contributed by atoms with Crippen molar-refractivity contribution in [2.24, 2.45) is 5.73 Å². The van der Waals surface area contributed by atoms with Gasteiger partial charge in [-0.25, -0.2) is 0 Å². The molecule has 2 atom stereocenters. The molecule has 1 aromatic carbocycles. The lowest BCUT2D eigenvalue weighted by molar-refractivity contribution is -0.211. The SMILES string of the molecule is N[C@H](c1ccc(C(F)(F)F)cc1C(F)(F)F)[C@@H](O)C(F)(F)F. The van der Waals surface area contributed by atoms with Gasteiger partial charge in [0.2, 0.25) is 0 Å². The molecule has 0 aromatic heterocycles. The van der Waals surface area contributed by atoms with E-state index in [-0.39, 0.29) is 18.2 Å². The summed E-state index contributed by atoms with van der Waals surface area (Å²) in [5, 5.41) is 8.89. The zero-order valence-electron chi connectivity index (χ0n) is 10.3. The van der Waals surface area contributed by atoms with Crippen LogP contribution in [0.4, 0.5) is 39.5 Å². The second-order valence-electron chi connectivity index (χ2n) is 4.31. The highest BCUT2D eigenvalue weighted by Gasteiger charge is 2.46. The van der Waals surface area contributed by atoms with Gasteiger partial charge in [-0.15, -0.1) is 0 Å². The standard InChI is InChI=1S/C11H8F9NO/c12-9(13,14)4-1-2-5(6(3-4)10(15,16)17)7(21)8(22)11(18,19)20/h1-3,7-8,22H,21H2/t7-,8-/m1/s1. The summed E-state index contributed by atoms with van der Waals surface area (Å²) in [7, 11) is 0. The number of hydrogen-bond donors (Lipinski definition) is 2. The van der Waals surface area contributed by atoms with Crippen molar-refractivity contribution in [1.82, 2.24) is 0 Å². The molecule has 0 saturated carbocycles. The second kappa shape index (κ2) is 5.61. The Labute approximate surface area is 117 Å². The van der Waals surface area contributed by atoms with Crippen molar-refractivity contribution in [1.29, 1.82) is 0 Å². The van der Waals surface area contributed by atoms with Crippen LogP contribution in [0.5, 0.6) is 0 Å². The van der Waals surface area contributed by atoms with Gasteiger partial charge in [-0.05, 0) is 17.7 Å². The quantitative estimate of drug-likeness (QED) is 0.807. The first-order valence-electron chi connectivity index (χ1n) is 5.44. The van der Waals surface area contributed by atoms with Crippen LogP contribution in [0.3, 0.4) is 0 Å². The van der Waals surface area contributed by atoms with Crippen molar-refractivity contribution in [2.45, 2.75) is 30.7 Å². The van der Waals surface area contributed by atoms with Crippen molar-refractivity contribution in [3.05, 3.63) is 34.9 Å². The summed E-state index contributed by atoms with van der Waals surface area (Å²) in [6.45, 7) is 0. The van der Waals surface area contributed by atoms with Crippen molar-refractivity contribution in [3.63, 3.8) is 0 Å². The topological polar surface area (TPSA) is 46.2 Å². The van der Waals surface area contributed by atoms with Gasteiger partial charge in [0.15, 0.2) is 6.10 Å². The van der Waals surface area contributed by atoms with Crippen LogP contribution in [-0.2, 0) is 12.4 Å². The van der Waals surface area contributed by atoms with Gasteiger partial charge < -0.3 is 10.8 Å². The van der Waals surface area contributed by atoms with E-state index >= 15 is 0 Å². The molecule has 22 heavy (non-hydrogen) atoms. The minimum atomic E-state index is -5.38. The molecule has 126 valence electrons. The number of benzene rings is 1. The molecule has 0 unspecified atom stereocenters. The number of alkyl halides is 9. The molecule has 3 N–H and O–H groups in total. The highest BCUT2D eigenvalue weighted by Crippen LogP contribution is 2.40. The molecular formula is C11H8F9NO. The maximum atomic E-state index is 12.8. The molecule has 1 aromatic rings. The summed E-state index contributed by atoms with van der Waals surface area (Å²) < 4.78 is 112. The molecule has 1 rings (SSSR count). The lowest BCUT2D eigenvalue weighted by Gasteiger charge is -2.25. The van der Waals surface area contributed by atoms with Gasteiger partial charge in [0.25, 0.3) is 0 Å². The first-order valence-corrected chi connectivity index (χ1v) is 5.44. The fourth-order valence-electron chi connectivity index (χ4n) is 1.64. The molecule has 0 aliphatic heterocycles. The highest BCUT2D eigenvalue weighted by molar-refractivity contribution is 5.38. The molecule has 0 spiro atoms. The Hall–Kier alpha value is -1.49. The second-order valence-corrected chi connectivity index (χ2v) is 4.31. The van der Waals surface area contributed by atoms with Crippen LogP contribution in [0.1, 0.15) is 22.7 Å². The van der Waals surface area contributed by atoms with Gasteiger partial charge in [-0.2, -0.15) is 39.5 Å². The zero-order valence-corrected chi connectivity index (χ0v) is 10.3. The van der Waals surface area contributed by atoms with Crippen LogP contribution >= 0.6 is 0 Å². The maximum Gasteiger partial charge on any atom is 0.416 e. The third-order valence-electron chi connectivity index (χ3n) is 2.72. The fraction of sp³-hybridized carbons (Fsp3) is 0.455. The Morgan fingerprint density at radius 3 is 1.73 bits per heavy atom. The van der Waals surface area contributed by atoms with Crippen LogP contribution in [-0.4, -0.2) is 17.4 Å². The molecule has 0 heterocycles. The highest BCUT2D eigenvalue weighted by atomic mass is 19.4. The zero-order chi connectivity index (χ0) is 17.5. The first-order chi connectivity index (χ1) is 9.65. The van der Waals surface area contributed by atoms with Gasteiger partial charge in [0.05, 0.1) is 17.2 Å². The van der Waals surface area contributed by atoms with Crippen molar-refractivity contribution < 1.29 is 44.6 Å². The number of halogens is 9. The Kier molecular flexibility index (Phi) is 4.73. The molecule has 0 radical (unpaired) electrons. The summed E-state index contributed by atoms with van der Waals surface area (Å²) >= 11 is 0. The lowest BCUT2D eigenvalue weighted by atomic mass is 9.94. The average molecular weight is 341 g/mol. The average Bonchev–Trinajstić information content (AvgIpc) is 2.33. The molecule has 0 amide bonds. The van der Waals surface area contributed by atoms with Gasteiger partial charge in [-0.1, -0.05) is 6.07 Å². The van der Waals surface area contributed by atoms with Gasteiger partial charge in [0.1, 0.15) is 0 Å². The largest absolute Gasteiger partial charge is 0.416 e. The number of nitrogens with two attached hydrogens (primary N) is 1. The Morgan fingerprint density at radius 1 is 0.864 bits per heavy atom. The molecule has 0 aliphatic rings. The third kappa shape index (κ3) is 4.03. The Balaban J connectivity index is 3.43. The van der Waals surface area contributed by atoms with Crippen molar-refractivity contribution >= 4 is 0 Å². The van der Waals surface area contributed by atoms with Gasteiger partial charge in [-0.3, -0.25) is 0 Å². The van der Waals surface area contributed by atoms with E-state index in [4.69, 9.17) is 10.8 Å². The van der Waals surface area contributed by atoms with E-state index in [1.165, 1.54) is 0 Å². The maximum absolute atomic E-state index is 12.8. The smallest absolute Gasteiger partial charge is 0.382 e. The van der Waals surface area contributed by atoms with E-state index in [1.807, 2.05) is 0 Å². The normalized spacial score (nSPS) is 16.5. The van der Waals surface area contributed by atoms with E-state index in [0.717, 1.165) is 0 Å². The molecule has 0 saturated heterocycles. The summed E-state index contributed by atoms with van der Waals surface area (Å²) in [6, 6.07) is -2.60. The van der Waals surface area contributed by atoms with E-state index in [0.29, 0.717) is 0 Å². The molecule has 0 fully saturated rings. The molecule has 2 nitrogen and oxygen atoms in total. The fourth-order valence-corrected chi connectivity index (χ4v) is 1.64. The van der Waals surface area contributed by atoms with Crippen molar-refractivity contribution in [2.75, 3.05) is 0 Å². The summed E-state index contributed by atoms with van der Waals surface area (Å²) in [4.78, 5) is 0. The van der Waals surface area contributed by atoms with Crippen LogP contribution in [0.2, 0.25) is 0 Å². The first kappa shape index (κ1) is 18.6. The summed E-state index contributed by atoms with van der Waals surface area (Å²) in [6.07, 6.45) is -19.2. The molecule has 0 bridgehead atoms. The van der Waals surface area contributed by atoms with Gasteiger partial charge >= 0.3 is 18.5 Å². The van der Waals surface area contributed by atoms with Crippen LogP contribution in [0, 0.1) is 0 Å². The monoisotopic (exact) mass is 341 g/mol. The van der Waals surface area contributed by atoms with Crippen LogP contribution < -0.4 is 5.73 Å². The summed E-state index contributed by atoms with van der Waals surface area (Å²) in [5.74, 6) is 0. The minimum Gasteiger partial charge on any atom is -0.382 e. The van der Waals surface area contributed by atoms with Crippen LogP contribution in [0.15, 0.2) is 18.2 Å². The number of aliphatic hydroxyl groups excluding tert-OH is 1. The Morgan fingerprint density at radius 2 is 1.36 bits per heavy atom. The predicted octanol–water partition coefficient (Wildman–Crippen LogP) is 3.65. The predicted molar refractivity (Wildman–Crippen MR) is 55.4 cm³/mol. The third-order valence-corrected chi connectivity index (χ3v) is 2.72. The van der Waals surface area contributed by atoms with E-state index < -0.39 is 47.4 Å². The number of rotatable bonds is 2. The summed E-state index contributed by atoms with van der Waals surface area (Å²) in [5.41, 5.74) is -0.0415. The molecule has 11 heteroatoms. The van der Waals surface area contributed by atoms with E-state index in [1.54, 1.807) is 0 Å². The minimum absolute atomic E-state index is 0.160. The van der Waals surface area contributed by atoms with Gasteiger partial charge in [0, 0.05) is 0 Å². The van der Waals surface area contributed by atoms with Crippen molar-refractivity contribution in [3.8, 4) is 0 Å². The van der Waals surface area contributed by atoms with E-state index in [2.05, 4.69) is 0 Å².